The molecule has 0 saturated heterocycles. The van der Waals surface area contributed by atoms with Gasteiger partial charge in [0.25, 0.3) is 0 Å². The Morgan fingerprint density at radius 3 is 2.89 bits per heavy atom. The van der Waals surface area contributed by atoms with Crippen LogP contribution in [0, 0.1) is 6.92 Å². The molecule has 5 heteroatoms. The standard InChI is InChI=1S/C14H17BrN4/c1-10-3-4-11(15)9-12(10)18-14-6-8-17-13(19-14)5-7-16-2/h3-4,6,8-9,16H,5,7H2,1-2H3,(H,17,18,19). The Labute approximate surface area is 121 Å². The van der Waals surface area contributed by atoms with Crippen molar-refractivity contribution in [2.24, 2.45) is 0 Å². The lowest BCUT2D eigenvalue weighted by molar-refractivity contribution is 0.756. The summed E-state index contributed by atoms with van der Waals surface area (Å²) in [5.41, 5.74) is 2.23. The Balaban J connectivity index is 2.16. The van der Waals surface area contributed by atoms with Crippen LogP contribution in [0.4, 0.5) is 11.5 Å². The third-order valence-electron chi connectivity index (χ3n) is 2.77. The molecule has 19 heavy (non-hydrogen) atoms. The first-order valence-electron chi connectivity index (χ1n) is 6.19. The van der Waals surface area contributed by atoms with Crippen LogP contribution < -0.4 is 10.6 Å². The number of nitrogens with one attached hydrogen (secondary N) is 2. The third kappa shape index (κ3) is 4.01. The fourth-order valence-electron chi connectivity index (χ4n) is 1.69. The highest BCUT2D eigenvalue weighted by molar-refractivity contribution is 9.10. The van der Waals surface area contributed by atoms with Gasteiger partial charge in [-0.25, -0.2) is 9.97 Å². The van der Waals surface area contributed by atoms with Crippen LogP contribution in [-0.2, 0) is 6.42 Å². The number of benzene rings is 1. The maximum absolute atomic E-state index is 4.50. The van der Waals surface area contributed by atoms with Crippen molar-refractivity contribution in [3.8, 4) is 0 Å². The SMILES string of the molecule is CNCCc1nccc(Nc2cc(Br)ccc2C)n1. The Hall–Kier alpha value is -1.46. The first-order valence-corrected chi connectivity index (χ1v) is 6.98. The molecule has 0 atom stereocenters. The van der Waals surface area contributed by atoms with Crippen molar-refractivity contribution in [1.29, 1.82) is 0 Å². The molecule has 0 amide bonds. The molecule has 4 nitrogen and oxygen atoms in total. The Bertz CT molecular complexity index is 557. The van der Waals surface area contributed by atoms with Crippen molar-refractivity contribution in [3.63, 3.8) is 0 Å². The maximum Gasteiger partial charge on any atom is 0.134 e. The van der Waals surface area contributed by atoms with Gasteiger partial charge in [0.2, 0.25) is 0 Å². The van der Waals surface area contributed by atoms with Crippen molar-refractivity contribution >= 4 is 27.4 Å². The average molecular weight is 321 g/mol. The van der Waals surface area contributed by atoms with Crippen LogP contribution in [0.15, 0.2) is 34.9 Å². The summed E-state index contributed by atoms with van der Waals surface area (Å²) < 4.78 is 1.05. The van der Waals surface area contributed by atoms with E-state index in [1.54, 1.807) is 6.20 Å². The number of nitrogens with zero attached hydrogens (tertiary/aromatic N) is 2. The van der Waals surface area contributed by atoms with Gasteiger partial charge in [0, 0.05) is 29.3 Å². The first-order chi connectivity index (χ1) is 9.19. The predicted octanol–water partition coefficient (Wildman–Crippen LogP) is 3.05. The van der Waals surface area contributed by atoms with E-state index in [1.165, 1.54) is 5.56 Å². The molecule has 1 aromatic carbocycles. The summed E-state index contributed by atoms with van der Waals surface area (Å²) in [5.74, 6) is 1.66. The second kappa shape index (κ2) is 6.63. The van der Waals surface area contributed by atoms with Crippen molar-refractivity contribution in [2.75, 3.05) is 18.9 Å². The molecule has 0 fully saturated rings. The van der Waals surface area contributed by atoms with Gasteiger partial charge in [0.05, 0.1) is 0 Å². The van der Waals surface area contributed by atoms with Gasteiger partial charge in [-0.1, -0.05) is 22.0 Å². The predicted molar refractivity (Wildman–Crippen MR) is 81.8 cm³/mol. The lowest BCUT2D eigenvalue weighted by Crippen LogP contribution is -2.12. The van der Waals surface area contributed by atoms with Crippen LogP contribution in [0.3, 0.4) is 0 Å². The number of aryl methyl sites for hydroxylation is 1. The summed E-state index contributed by atoms with van der Waals surface area (Å²) >= 11 is 3.48. The topological polar surface area (TPSA) is 49.8 Å². The normalized spacial score (nSPS) is 10.5. The minimum Gasteiger partial charge on any atom is -0.340 e. The lowest BCUT2D eigenvalue weighted by atomic mass is 10.2. The number of rotatable bonds is 5. The first kappa shape index (κ1) is 14.0. The molecule has 0 radical (unpaired) electrons. The largest absolute Gasteiger partial charge is 0.340 e. The summed E-state index contributed by atoms with van der Waals surface area (Å²) in [4.78, 5) is 8.76. The van der Waals surface area contributed by atoms with Crippen LogP contribution in [0.5, 0.6) is 0 Å². The third-order valence-corrected chi connectivity index (χ3v) is 3.26. The molecule has 0 bridgehead atoms. The van der Waals surface area contributed by atoms with Crippen molar-refractivity contribution in [2.45, 2.75) is 13.3 Å². The summed E-state index contributed by atoms with van der Waals surface area (Å²) in [6.07, 6.45) is 2.61. The molecule has 0 aliphatic rings. The van der Waals surface area contributed by atoms with E-state index in [1.807, 2.05) is 25.2 Å². The number of hydrogen-bond donors (Lipinski definition) is 2. The Kier molecular flexibility index (Phi) is 4.87. The highest BCUT2D eigenvalue weighted by atomic mass is 79.9. The summed E-state index contributed by atoms with van der Waals surface area (Å²) in [7, 11) is 1.92. The monoisotopic (exact) mass is 320 g/mol. The highest BCUT2D eigenvalue weighted by Crippen LogP contribution is 2.23. The highest BCUT2D eigenvalue weighted by Gasteiger charge is 2.03. The molecule has 1 aromatic heterocycles. The van der Waals surface area contributed by atoms with Crippen molar-refractivity contribution < 1.29 is 0 Å². The van der Waals surface area contributed by atoms with E-state index in [9.17, 15) is 0 Å². The summed E-state index contributed by atoms with van der Waals surface area (Å²) in [5, 5.41) is 6.42. The fraction of sp³-hybridized carbons (Fsp3) is 0.286. The zero-order valence-electron chi connectivity index (χ0n) is 11.1. The quantitative estimate of drug-likeness (QED) is 0.889. The van der Waals surface area contributed by atoms with E-state index in [-0.39, 0.29) is 0 Å². The number of anilines is 2. The maximum atomic E-state index is 4.50. The van der Waals surface area contributed by atoms with Gasteiger partial charge >= 0.3 is 0 Å². The molecular formula is C14H17BrN4. The second-order valence-electron chi connectivity index (χ2n) is 4.30. The molecular weight excluding hydrogens is 304 g/mol. The Morgan fingerprint density at radius 2 is 2.11 bits per heavy atom. The van der Waals surface area contributed by atoms with E-state index in [0.29, 0.717) is 0 Å². The zero-order chi connectivity index (χ0) is 13.7. The van der Waals surface area contributed by atoms with Crippen molar-refractivity contribution in [3.05, 3.63) is 46.3 Å². The molecule has 1 heterocycles. The van der Waals surface area contributed by atoms with Crippen LogP contribution in [0.2, 0.25) is 0 Å². The van der Waals surface area contributed by atoms with E-state index >= 15 is 0 Å². The number of halogens is 1. The minimum absolute atomic E-state index is 0.822. The molecule has 2 N–H and O–H groups in total. The van der Waals surface area contributed by atoms with Gasteiger partial charge in [-0.15, -0.1) is 0 Å². The van der Waals surface area contributed by atoms with Gasteiger partial charge in [0.1, 0.15) is 11.6 Å². The van der Waals surface area contributed by atoms with Crippen LogP contribution in [0.1, 0.15) is 11.4 Å². The van der Waals surface area contributed by atoms with E-state index in [0.717, 1.165) is 34.8 Å². The molecule has 2 rings (SSSR count). The molecule has 0 saturated carbocycles. The van der Waals surface area contributed by atoms with Gasteiger partial charge in [0.15, 0.2) is 0 Å². The Morgan fingerprint density at radius 1 is 1.26 bits per heavy atom. The van der Waals surface area contributed by atoms with E-state index < -0.39 is 0 Å². The molecule has 0 aliphatic carbocycles. The van der Waals surface area contributed by atoms with Gasteiger partial charge in [-0.2, -0.15) is 0 Å². The van der Waals surface area contributed by atoms with Crippen LogP contribution >= 0.6 is 15.9 Å². The molecule has 2 aromatic rings. The van der Waals surface area contributed by atoms with Crippen LogP contribution in [-0.4, -0.2) is 23.6 Å². The second-order valence-corrected chi connectivity index (χ2v) is 5.21. The molecule has 0 spiro atoms. The van der Waals surface area contributed by atoms with Gasteiger partial charge < -0.3 is 10.6 Å². The lowest BCUT2D eigenvalue weighted by Gasteiger charge is -2.10. The fourth-order valence-corrected chi connectivity index (χ4v) is 2.05. The zero-order valence-corrected chi connectivity index (χ0v) is 12.7. The number of aromatic nitrogens is 2. The minimum atomic E-state index is 0.822. The number of likely N-dealkylation sites (N-methyl/N-ethyl adjacent to an activating group) is 1. The van der Waals surface area contributed by atoms with E-state index in [2.05, 4.69) is 49.5 Å². The van der Waals surface area contributed by atoms with Crippen LogP contribution in [0.25, 0.3) is 0 Å². The summed E-state index contributed by atoms with van der Waals surface area (Å²) in [6, 6.07) is 8.02. The van der Waals surface area contributed by atoms with Gasteiger partial charge in [-0.3, -0.25) is 0 Å². The van der Waals surface area contributed by atoms with Gasteiger partial charge in [-0.05, 0) is 37.7 Å². The molecule has 100 valence electrons. The van der Waals surface area contributed by atoms with E-state index in [4.69, 9.17) is 0 Å². The average Bonchev–Trinajstić information content (AvgIpc) is 2.41. The summed E-state index contributed by atoms with van der Waals surface area (Å²) in [6.45, 7) is 2.94. The molecule has 0 aliphatic heterocycles. The molecule has 0 unspecified atom stereocenters. The number of hydrogen-bond acceptors (Lipinski definition) is 4. The smallest absolute Gasteiger partial charge is 0.134 e. The van der Waals surface area contributed by atoms with Crippen molar-refractivity contribution in [1.82, 2.24) is 15.3 Å².